The number of pyridine rings is 1. The number of aromatic nitrogens is 1. The Morgan fingerprint density at radius 3 is 2.93 bits per heavy atom. The first-order valence-corrected chi connectivity index (χ1v) is 6.00. The van der Waals surface area contributed by atoms with Crippen molar-refractivity contribution in [2.45, 2.75) is 44.6 Å². The second kappa shape index (κ2) is 5.26. The topological polar surface area (TPSA) is 38.9 Å². The zero-order valence-electron chi connectivity index (χ0n) is 9.23. The van der Waals surface area contributed by atoms with Gasteiger partial charge in [0.2, 0.25) is 0 Å². The number of rotatable bonds is 2. The van der Waals surface area contributed by atoms with E-state index >= 15 is 0 Å². The van der Waals surface area contributed by atoms with E-state index < -0.39 is 0 Å². The highest BCUT2D eigenvalue weighted by atomic mass is 14.7. The fourth-order valence-electron chi connectivity index (χ4n) is 2.50. The summed E-state index contributed by atoms with van der Waals surface area (Å²) in [4.78, 5) is 4.39. The van der Waals surface area contributed by atoms with E-state index in [1.807, 2.05) is 12.3 Å². The van der Waals surface area contributed by atoms with Crippen molar-refractivity contribution < 1.29 is 0 Å². The van der Waals surface area contributed by atoms with E-state index in [0.717, 1.165) is 12.3 Å². The molecule has 0 radical (unpaired) electrons. The molecule has 2 unspecified atom stereocenters. The van der Waals surface area contributed by atoms with Crippen LogP contribution in [0.2, 0.25) is 0 Å². The molecule has 1 fully saturated rings. The van der Waals surface area contributed by atoms with E-state index in [2.05, 4.69) is 17.1 Å². The van der Waals surface area contributed by atoms with Crippen molar-refractivity contribution in [3.05, 3.63) is 30.1 Å². The molecule has 2 rings (SSSR count). The molecule has 1 aliphatic rings. The van der Waals surface area contributed by atoms with Gasteiger partial charge in [0.1, 0.15) is 0 Å². The van der Waals surface area contributed by atoms with E-state index in [-0.39, 0.29) is 0 Å². The average Bonchev–Trinajstić information content (AvgIpc) is 2.44. The lowest BCUT2D eigenvalue weighted by atomic mass is 9.93. The van der Waals surface area contributed by atoms with Crippen LogP contribution in [-0.4, -0.2) is 11.0 Å². The number of nitrogens with two attached hydrogens (primary N) is 1. The van der Waals surface area contributed by atoms with Crippen LogP contribution >= 0.6 is 0 Å². The number of nitrogens with zero attached hydrogens (tertiary/aromatic N) is 1. The third-order valence-electron chi connectivity index (χ3n) is 3.30. The van der Waals surface area contributed by atoms with Crippen molar-refractivity contribution in [2.75, 3.05) is 0 Å². The van der Waals surface area contributed by atoms with Gasteiger partial charge >= 0.3 is 0 Å². The highest BCUT2D eigenvalue weighted by molar-refractivity contribution is 5.04. The summed E-state index contributed by atoms with van der Waals surface area (Å²) in [5.74, 6) is 0.748. The Labute approximate surface area is 91.9 Å². The monoisotopic (exact) mass is 204 g/mol. The first-order valence-electron chi connectivity index (χ1n) is 6.00. The normalized spacial score (nSPS) is 27.3. The van der Waals surface area contributed by atoms with Gasteiger partial charge in [-0.25, -0.2) is 0 Å². The Kier molecular flexibility index (Phi) is 3.73. The van der Waals surface area contributed by atoms with Gasteiger partial charge in [-0.15, -0.1) is 0 Å². The molecule has 2 atom stereocenters. The van der Waals surface area contributed by atoms with Gasteiger partial charge < -0.3 is 5.73 Å². The fraction of sp³-hybridized carbons (Fsp3) is 0.615. The molecule has 1 saturated carbocycles. The van der Waals surface area contributed by atoms with E-state index in [0.29, 0.717) is 6.04 Å². The highest BCUT2D eigenvalue weighted by Gasteiger charge is 2.17. The Balaban J connectivity index is 1.93. The van der Waals surface area contributed by atoms with Crippen LogP contribution in [0.1, 0.15) is 37.8 Å². The summed E-state index contributed by atoms with van der Waals surface area (Å²) >= 11 is 0. The van der Waals surface area contributed by atoms with Crippen molar-refractivity contribution in [1.82, 2.24) is 4.98 Å². The van der Waals surface area contributed by atoms with Gasteiger partial charge in [0.15, 0.2) is 0 Å². The lowest BCUT2D eigenvalue weighted by molar-refractivity contribution is 0.427. The van der Waals surface area contributed by atoms with Gasteiger partial charge in [-0.3, -0.25) is 4.98 Å². The second-order valence-corrected chi connectivity index (χ2v) is 4.67. The largest absolute Gasteiger partial charge is 0.328 e. The summed E-state index contributed by atoms with van der Waals surface area (Å²) in [5, 5.41) is 0. The molecule has 15 heavy (non-hydrogen) atoms. The van der Waals surface area contributed by atoms with E-state index in [1.54, 1.807) is 0 Å². The van der Waals surface area contributed by atoms with E-state index in [4.69, 9.17) is 5.73 Å². The molecule has 2 N–H and O–H groups in total. The van der Waals surface area contributed by atoms with Crippen LogP contribution in [0, 0.1) is 5.92 Å². The number of hydrogen-bond acceptors (Lipinski definition) is 2. The van der Waals surface area contributed by atoms with Crippen molar-refractivity contribution in [2.24, 2.45) is 11.7 Å². The molecule has 0 aromatic carbocycles. The lowest BCUT2D eigenvalue weighted by Gasteiger charge is -2.16. The smallest absolute Gasteiger partial charge is 0.0406 e. The molecule has 1 aliphatic carbocycles. The number of hydrogen-bond donors (Lipinski definition) is 1. The maximum absolute atomic E-state index is 6.06. The minimum absolute atomic E-state index is 0.418. The molecule has 1 aromatic rings. The predicted octanol–water partition coefficient (Wildman–Crippen LogP) is 2.53. The van der Waals surface area contributed by atoms with Crippen LogP contribution in [0.25, 0.3) is 0 Å². The Bertz CT molecular complexity index is 284. The summed E-state index contributed by atoms with van der Waals surface area (Å²) in [5.41, 5.74) is 7.28. The Hall–Kier alpha value is -0.890. The summed E-state index contributed by atoms with van der Waals surface area (Å²) in [6, 6.07) is 6.58. The van der Waals surface area contributed by atoms with Gasteiger partial charge in [-0.2, -0.15) is 0 Å². The van der Waals surface area contributed by atoms with Crippen LogP contribution in [0.15, 0.2) is 24.4 Å². The highest BCUT2D eigenvalue weighted by Crippen LogP contribution is 2.24. The van der Waals surface area contributed by atoms with E-state index in [9.17, 15) is 0 Å². The predicted molar refractivity (Wildman–Crippen MR) is 62.5 cm³/mol. The zero-order valence-corrected chi connectivity index (χ0v) is 9.23. The summed E-state index contributed by atoms with van der Waals surface area (Å²) in [6.07, 6.45) is 9.34. The van der Waals surface area contributed by atoms with Crippen molar-refractivity contribution in [1.29, 1.82) is 0 Å². The minimum Gasteiger partial charge on any atom is -0.328 e. The standard InChI is InChI=1S/C13H20N2/c14-12-6-2-1-5-11(9-12)10-13-7-3-4-8-15-13/h3-4,7-8,11-12H,1-2,5-6,9-10,14H2. The molecule has 0 aliphatic heterocycles. The van der Waals surface area contributed by atoms with Crippen LogP contribution in [0.3, 0.4) is 0 Å². The van der Waals surface area contributed by atoms with Crippen LogP contribution in [0.4, 0.5) is 0 Å². The SMILES string of the molecule is NC1CCCCC(Cc2ccccn2)C1. The molecule has 1 heterocycles. The second-order valence-electron chi connectivity index (χ2n) is 4.67. The Morgan fingerprint density at radius 2 is 2.13 bits per heavy atom. The summed E-state index contributed by atoms with van der Waals surface area (Å²) in [7, 11) is 0. The van der Waals surface area contributed by atoms with Crippen LogP contribution in [-0.2, 0) is 6.42 Å². The molecule has 1 aromatic heterocycles. The molecular formula is C13H20N2. The maximum Gasteiger partial charge on any atom is 0.0406 e. The molecule has 0 spiro atoms. The maximum atomic E-state index is 6.06. The van der Waals surface area contributed by atoms with Gasteiger partial charge in [-0.05, 0) is 37.3 Å². The summed E-state index contributed by atoms with van der Waals surface area (Å²) in [6.45, 7) is 0. The lowest BCUT2D eigenvalue weighted by Crippen LogP contribution is -2.22. The molecular weight excluding hydrogens is 184 g/mol. The molecule has 0 saturated heterocycles. The van der Waals surface area contributed by atoms with Gasteiger partial charge in [0.05, 0.1) is 0 Å². The molecule has 2 nitrogen and oxygen atoms in total. The van der Waals surface area contributed by atoms with Crippen LogP contribution in [0.5, 0.6) is 0 Å². The first kappa shape index (κ1) is 10.6. The van der Waals surface area contributed by atoms with Gasteiger partial charge in [-0.1, -0.05) is 25.3 Å². The first-order chi connectivity index (χ1) is 7.34. The van der Waals surface area contributed by atoms with Crippen molar-refractivity contribution in [3.63, 3.8) is 0 Å². The molecule has 2 heteroatoms. The molecule has 0 amide bonds. The zero-order chi connectivity index (χ0) is 10.5. The van der Waals surface area contributed by atoms with Crippen LogP contribution < -0.4 is 5.73 Å². The van der Waals surface area contributed by atoms with Crippen molar-refractivity contribution >= 4 is 0 Å². The van der Waals surface area contributed by atoms with E-state index in [1.165, 1.54) is 37.8 Å². The Morgan fingerprint density at radius 1 is 1.27 bits per heavy atom. The molecule has 82 valence electrons. The van der Waals surface area contributed by atoms with Crippen molar-refractivity contribution in [3.8, 4) is 0 Å². The third kappa shape index (κ3) is 3.31. The van der Waals surface area contributed by atoms with Gasteiger partial charge in [0, 0.05) is 17.9 Å². The fourth-order valence-corrected chi connectivity index (χ4v) is 2.50. The third-order valence-corrected chi connectivity index (χ3v) is 3.30. The minimum atomic E-state index is 0.418. The summed E-state index contributed by atoms with van der Waals surface area (Å²) < 4.78 is 0. The van der Waals surface area contributed by atoms with Gasteiger partial charge in [0.25, 0.3) is 0 Å². The average molecular weight is 204 g/mol. The molecule has 0 bridgehead atoms. The quantitative estimate of drug-likeness (QED) is 0.752.